The van der Waals surface area contributed by atoms with Crippen LogP contribution in [0.5, 0.6) is 5.75 Å². The summed E-state index contributed by atoms with van der Waals surface area (Å²) < 4.78 is 36.8. The van der Waals surface area contributed by atoms with E-state index in [9.17, 15) is 23.5 Å². The quantitative estimate of drug-likeness (QED) is 0.394. The highest BCUT2D eigenvalue weighted by Gasteiger charge is 2.35. The number of hydrogen-bond donors (Lipinski definition) is 1. The van der Waals surface area contributed by atoms with E-state index in [4.69, 9.17) is 4.74 Å². The first-order valence-corrected chi connectivity index (χ1v) is 14.0. The molecule has 0 fully saturated rings. The van der Waals surface area contributed by atoms with E-state index in [1.54, 1.807) is 28.0 Å². The van der Waals surface area contributed by atoms with Crippen LogP contribution < -0.4 is 4.74 Å². The Morgan fingerprint density at radius 2 is 1.60 bits per heavy atom. The fourth-order valence-corrected chi connectivity index (χ4v) is 6.14. The van der Waals surface area contributed by atoms with Gasteiger partial charge in [-0.2, -0.15) is 8.78 Å². The van der Waals surface area contributed by atoms with Gasteiger partial charge in [-0.05, 0) is 91.2 Å². The maximum absolute atomic E-state index is 13.2. The molecule has 0 aliphatic carbocycles. The SMILES string of the molecule is CC(C)(C)OC(=O)N1CCc2ccc(C(O)C(=O)N3CC4=C(CN(Sc5ccc(OC(F)F)cc5)C4)C3)cc2C1. The molecule has 8 nitrogen and oxygen atoms in total. The Hall–Kier alpha value is -3.15. The van der Waals surface area contributed by atoms with Gasteiger partial charge in [0.25, 0.3) is 5.91 Å². The van der Waals surface area contributed by atoms with Crippen molar-refractivity contribution in [1.82, 2.24) is 14.1 Å². The summed E-state index contributed by atoms with van der Waals surface area (Å²) in [5, 5.41) is 11.0. The van der Waals surface area contributed by atoms with Gasteiger partial charge in [0.15, 0.2) is 6.10 Å². The minimum Gasteiger partial charge on any atom is -0.444 e. The highest BCUT2D eigenvalue weighted by atomic mass is 32.2. The van der Waals surface area contributed by atoms with Gasteiger partial charge < -0.3 is 24.4 Å². The zero-order valence-corrected chi connectivity index (χ0v) is 23.5. The number of nitrogens with zero attached hydrogens (tertiary/aromatic N) is 3. The van der Waals surface area contributed by atoms with E-state index in [-0.39, 0.29) is 17.7 Å². The predicted octanol–water partition coefficient (Wildman–Crippen LogP) is 4.78. The van der Waals surface area contributed by atoms with Crippen LogP contribution in [-0.4, -0.2) is 76.1 Å². The first-order chi connectivity index (χ1) is 18.9. The molecule has 2 aromatic rings. The Bertz CT molecular complexity index is 1290. The van der Waals surface area contributed by atoms with Crippen LogP contribution in [0.15, 0.2) is 58.5 Å². The number of aliphatic hydroxyl groups excluding tert-OH is 1. The second-order valence-electron chi connectivity index (χ2n) is 11.2. The minimum absolute atomic E-state index is 0.119. The summed E-state index contributed by atoms with van der Waals surface area (Å²) in [5.74, 6) is -0.226. The molecule has 214 valence electrons. The highest BCUT2D eigenvalue weighted by molar-refractivity contribution is 7.97. The second kappa shape index (κ2) is 11.4. The number of amides is 2. The molecule has 3 heterocycles. The van der Waals surface area contributed by atoms with Crippen molar-refractivity contribution < 1.29 is 33.0 Å². The summed E-state index contributed by atoms with van der Waals surface area (Å²) in [7, 11) is 0. The molecule has 5 rings (SSSR count). The number of aliphatic hydroxyl groups is 1. The normalized spacial score (nSPS) is 18.2. The topological polar surface area (TPSA) is 82.5 Å². The molecule has 2 aromatic carbocycles. The lowest BCUT2D eigenvalue weighted by Crippen LogP contribution is -2.40. The first kappa shape index (κ1) is 28.4. The monoisotopic (exact) mass is 573 g/mol. The standard InChI is InChI=1S/C29H33F2N3O5S/c1-29(2,3)39-28(37)32-11-10-18-4-5-19(12-20(18)13-32)25(35)26(36)33-14-21-16-34(17-22(21)15-33)40-24-8-6-23(7-9-24)38-27(30)31/h4-9,12,25,27,35H,10-11,13-17H2,1-3H3. The van der Waals surface area contributed by atoms with Gasteiger partial charge >= 0.3 is 12.7 Å². The lowest BCUT2D eigenvalue weighted by molar-refractivity contribution is -0.139. The molecule has 0 saturated heterocycles. The van der Waals surface area contributed by atoms with Gasteiger partial charge in [0.2, 0.25) is 0 Å². The molecule has 40 heavy (non-hydrogen) atoms. The van der Waals surface area contributed by atoms with E-state index in [2.05, 4.69) is 9.04 Å². The number of fused-ring (bicyclic) bond motifs is 1. The van der Waals surface area contributed by atoms with Crippen molar-refractivity contribution in [3.8, 4) is 5.75 Å². The van der Waals surface area contributed by atoms with Crippen LogP contribution in [0.25, 0.3) is 0 Å². The summed E-state index contributed by atoms with van der Waals surface area (Å²) in [6.45, 7) is 5.84. The average molecular weight is 574 g/mol. The smallest absolute Gasteiger partial charge is 0.410 e. The lowest BCUT2D eigenvalue weighted by atomic mass is 9.95. The molecule has 0 aromatic heterocycles. The van der Waals surface area contributed by atoms with E-state index in [1.165, 1.54) is 24.1 Å². The zero-order chi connectivity index (χ0) is 28.6. The third-order valence-corrected chi connectivity index (χ3v) is 8.04. The highest BCUT2D eigenvalue weighted by Crippen LogP contribution is 2.35. The number of carbonyl (C=O) groups is 2. The summed E-state index contributed by atoms with van der Waals surface area (Å²) in [6.07, 6.45) is -0.978. The Balaban J connectivity index is 1.15. The molecule has 0 spiro atoms. The number of rotatable bonds is 6. The maximum atomic E-state index is 13.2. The van der Waals surface area contributed by atoms with E-state index in [1.807, 2.05) is 32.9 Å². The van der Waals surface area contributed by atoms with Crippen LogP contribution in [0.2, 0.25) is 0 Å². The van der Waals surface area contributed by atoms with E-state index in [0.717, 1.165) is 27.2 Å². The van der Waals surface area contributed by atoms with Crippen LogP contribution in [-0.2, 0) is 22.5 Å². The Kier molecular flexibility index (Phi) is 8.08. The largest absolute Gasteiger partial charge is 0.444 e. The molecular formula is C29H33F2N3O5S. The molecular weight excluding hydrogens is 540 g/mol. The van der Waals surface area contributed by atoms with Crippen molar-refractivity contribution in [1.29, 1.82) is 0 Å². The van der Waals surface area contributed by atoms with Crippen LogP contribution in [0.4, 0.5) is 13.6 Å². The van der Waals surface area contributed by atoms with Crippen LogP contribution >= 0.6 is 11.9 Å². The fraction of sp³-hybridized carbons (Fsp3) is 0.448. The third-order valence-electron chi connectivity index (χ3n) is 7.04. The summed E-state index contributed by atoms with van der Waals surface area (Å²) in [4.78, 5) is 30.0. The van der Waals surface area contributed by atoms with E-state index in [0.29, 0.717) is 51.3 Å². The molecule has 0 bridgehead atoms. The van der Waals surface area contributed by atoms with E-state index < -0.39 is 18.3 Å². The fourth-order valence-electron chi connectivity index (χ4n) is 5.14. The first-order valence-electron chi connectivity index (χ1n) is 13.2. The average Bonchev–Trinajstić information content (AvgIpc) is 3.46. The van der Waals surface area contributed by atoms with Crippen molar-refractivity contribution >= 4 is 23.9 Å². The summed E-state index contributed by atoms with van der Waals surface area (Å²) in [6, 6.07) is 12.1. The van der Waals surface area contributed by atoms with Gasteiger partial charge in [0, 0.05) is 44.2 Å². The zero-order valence-electron chi connectivity index (χ0n) is 22.7. The van der Waals surface area contributed by atoms with Crippen molar-refractivity contribution in [2.45, 2.75) is 56.9 Å². The third kappa shape index (κ3) is 6.59. The van der Waals surface area contributed by atoms with Crippen LogP contribution in [0, 0.1) is 0 Å². The van der Waals surface area contributed by atoms with Gasteiger partial charge in [0.1, 0.15) is 11.4 Å². The van der Waals surface area contributed by atoms with Crippen molar-refractivity contribution in [3.63, 3.8) is 0 Å². The Morgan fingerprint density at radius 3 is 2.23 bits per heavy atom. The molecule has 1 unspecified atom stereocenters. The Labute approximate surface area is 236 Å². The van der Waals surface area contributed by atoms with Crippen molar-refractivity contribution in [2.75, 3.05) is 32.7 Å². The molecule has 1 N–H and O–H groups in total. The summed E-state index contributed by atoms with van der Waals surface area (Å²) in [5.41, 5.74) is 4.25. The predicted molar refractivity (Wildman–Crippen MR) is 146 cm³/mol. The number of ether oxygens (including phenoxy) is 2. The number of carbonyl (C=O) groups excluding carboxylic acids is 2. The van der Waals surface area contributed by atoms with Gasteiger partial charge in [-0.25, -0.2) is 9.10 Å². The minimum atomic E-state index is -2.85. The lowest BCUT2D eigenvalue weighted by Gasteiger charge is -2.31. The number of alkyl halides is 2. The molecule has 2 amide bonds. The van der Waals surface area contributed by atoms with Crippen LogP contribution in [0.1, 0.15) is 43.6 Å². The maximum Gasteiger partial charge on any atom is 0.410 e. The van der Waals surface area contributed by atoms with Crippen molar-refractivity contribution in [3.05, 3.63) is 70.3 Å². The number of hydrogen-bond acceptors (Lipinski definition) is 7. The molecule has 1 atom stereocenters. The van der Waals surface area contributed by atoms with Gasteiger partial charge in [0.05, 0.1) is 0 Å². The van der Waals surface area contributed by atoms with Gasteiger partial charge in [-0.15, -0.1) is 0 Å². The van der Waals surface area contributed by atoms with Crippen LogP contribution in [0.3, 0.4) is 0 Å². The Morgan fingerprint density at radius 1 is 0.925 bits per heavy atom. The molecule has 0 radical (unpaired) electrons. The number of halogens is 2. The van der Waals surface area contributed by atoms with Gasteiger partial charge in [-0.3, -0.25) is 4.79 Å². The summed E-state index contributed by atoms with van der Waals surface area (Å²) >= 11 is 1.53. The molecule has 0 saturated carbocycles. The second-order valence-corrected chi connectivity index (χ2v) is 12.4. The molecule has 11 heteroatoms. The van der Waals surface area contributed by atoms with Gasteiger partial charge in [-0.1, -0.05) is 18.2 Å². The molecule has 3 aliphatic heterocycles. The molecule has 3 aliphatic rings. The number of benzene rings is 2. The van der Waals surface area contributed by atoms with Crippen molar-refractivity contribution in [2.24, 2.45) is 0 Å². The van der Waals surface area contributed by atoms with E-state index >= 15 is 0 Å².